The molecule has 0 unspecified atom stereocenters. The van der Waals surface area contributed by atoms with Gasteiger partial charge in [0.15, 0.2) is 0 Å². The number of hydrogen-bond donors (Lipinski definition) is 2. The highest BCUT2D eigenvalue weighted by molar-refractivity contribution is 6.00. The summed E-state index contributed by atoms with van der Waals surface area (Å²) in [5, 5.41) is 2.82. The highest BCUT2D eigenvalue weighted by atomic mass is 35.5. The van der Waals surface area contributed by atoms with Crippen molar-refractivity contribution in [3.8, 4) is 0 Å². The van der Waals surface area contributed by atoms with Crippen LogP contribution in [0.25, 0.3) is 0 Å². The van der Waals surface area contributed by atoms with Gasteiger partial charge in [0.05, 0.1) is 12.1 Å². The van der Waals surface area contributed by atoms with Gasteiger partial charge >= 0.3 is 0 Å². The van der Waals surface area contributed by atoms with Crippen LogP contribution in [0, 0.1) is 0 Å². The molecule has 0 aliphatic heterocycles. The molecule has 1 saturated carbocycles. The summed E-state index contributed by atoms with van der Waals surface area (Å²) in [6, 6.07) is 7.59. The number of nitrogens with one attached hydrogen (secondary N) is 1. The predicted octanol–water partition coefficient (Wildman–Crippen LogP) is 1.68. The smallest absolute Gasteiger partial charge is 0.244 e. The molecular formula is C12H17ClN2O2. The summed E-state index contributed by atoms with van der Waals surface area (Å²) in [4.78, 5) is 11.7. The number of carbonyl (C=O) groups excluding carboxylic acids is 1. The average Bonchev–Trinajstić information content (AvgIpc) is 2.99. The second-order valence-corrected chi connectivity index (χ2v) is 4.24. The van der Waals surface area contributed by atoms with Gasteiger partial charge in [-0.25, -0.2) is 0 Å². The first-order valence-electron chi connectivity index (χ1n) is 5.32. The van der Waals surface area contributed by atoms with E-state index in [0.29, 0.717) is 6.61 Å². The van der Waals surface area contributed by atoms with Gasteiger partial charge in [-0.2, -0.15) is 0 Å². The maximum Gasteiger partial charge on any atom is 0.244 e. The van der Waals surface area contributed by atoms with Crippen molar-refractivity contribution in [1.29, 1.82) is 0 Å². The fourth-order valence-electron chi connectivity index (χ4n) is 1.52. The lowest BCUT2D eigenvalue weighted by Crippen LogP contribution is -2.37. The lowest BCUT2D eigenvalue weighted by atomic mass is 10.2. The van der Waals surface area contributed by atoms with Crippen LogP contribution >= 0.6 is 12.4 Å². The van der Waals surface area contributed by atoms with Crippen LogP contribution in [0.2, 0.25) is 0 Å². The predicted molar refractivity (Wildman–Crippen MR) is 69.2 cm³/mol. The van der Waals surface area contributed by atoms with E-state index >= 15 is 0 Å². The molecule has 1 aromatic carbocycles. The van der Waals surface area contributed by atoms with Crippen molar-refractivity contribution in [2.45, 2.75) is 25.0 Å². The molecule has 2 rings (SSSR count). The Kier molecular flexibility index (Phi) is 4.51. The van der Waals surface area contributed by atoms with Crippen LogP contribution in [0.15, 0.2) is 24.3 Å². The van der Waals surface area contributed by atoms with Gasteiger partial charge in [-0.05, 0) is 30.5 Å². The monoisotopic (exact) mass is 256 g/mol. The topological polar surface area (TPSA) is 64.3 Å². The molecule has 0 aromatic heterocycles. The number of benzene rings is 1. The van der Waals surface area contributed by atoms with Gasteiger partial charge in [0, 0.05) is 12.8 Å². The Bertz CT molecular complexity index is 405. The van der Waals surface area contributed by atoms with Gasteiger partial charge in [0.2, 0.25) is 5.91 Å². The average molecular weight is 257 g/mol. The molecule has 0 atom stereocenters. The lowest BCUT2D eigenvalue weighted by Gasteiger charge is -2.10. The molecule has 1 amide bonds. The minimum Gasteiger partial charge on any atom is -0.380 e. The van der Waals surface area contributed by atoms with Crippen molar-refractivity contribution in [2.75, 3.05) is 12.4 Å². The van der Waals surface area contributed by atoms with E-state index in [1.54, 1.807) is 7.11 Å². The van der Waals surface area contributed by atoms with Crippen LogP contribution in [0.1, 0.15) is 18.4 Å². The van der Waals surface area contributed by atoms with Crippen LogP contribution in [-0.4, -0.2) is 18.6 Å². The second-order valence-electron chi connectivity index (χ2n) is 4.24. The Hall–Kier alpha value is -1.10. The van der Waals surface area contributed by atoms with Crippen LogP contribution in [0.3, 0.4) is 0 Å². The SMILES string of the molecule is COCc1cccc(NC(=O)C2(N)CC2)c1.Cl. The van der Waals surface area contributed by atoms with Gasteiger partial charge in [0.25, 0.3) is 0 Å². The number of hydrogen-bond acceptors (Lipinski definition) is 3. The molecule has 94 valence electrons. The van der Waals surface area contributed by atoms with Crippen molar-refractivity contribution in [3.05, 3.63) is 29.8 Å². The number of carbonyl (C=O) groups is 1. The highest BCUT2D eigenvalue weighted by Gasteiger charge is 2.45. The third kappa shape index (κ3) is 3.43. The van der Waals surface area contributed by atoms with Crippen LogP contribution in [-0.2, 0) is 16.1 Å². The van der Waals surface area contributed by atoms with Crippen LogP contribution in [0.5, 0.6) is 0 Å². The molecule has 0 spiro atoms. The van der Waals surface area contributed by atoms with Crippen molar-refractivity contribution < 1.29 is 9.53 Å². The molecule has 5 heteroatoms. The molecule has 0 saturated heterocycles. The molecule has 17 heavy (non-hydrogen) atoms. The fourth-order valence-corrected chi connectivity index (χ4v) is 1.52. The number of ether oxygens (including phenoxy) is 1. The Morgan fingerprint density at radius 1 is 1.53 bits per heavy atom. The molecule has 1 fully saturated rings. The standard InChI is InChI=1S/C12H16N2O2.ClH/c1-16-8-9-3-2-4-10(7-9)14-11(15)12(13)5-6-12;/h2-4,7H,5-6,8,13H2,1H3,(H,14,15);1H. The summed E-state index contributed by atoms with van der Waals surface area (Å²) in [5.41, 5.74) is 6.97. The minimum atomic E-state index is -0.628. The Morgan fingerprint density at radius 3 is 2.82 bits per heavy atom. The van der Waals surface area contributed by atoms with E-state index in [0.717, 1.165) is 24.1 Å². The zero-order chi connectivity index (χ0) is 11.6. The van der Waals surface area contributed by atoms with E-state index in [2.05, 4.69) is 5.32 Å². The van der Waals surface area contributed by atoms with Gasteiger partial charge in [-0.3, -0.25) is 4.79 Å². The first-order valence-corrected chi connectivity index (χ1v) is 5.32. The Balaban J connectivity index is 0.00000144. The molecular weight excluding hydrogens is 240 g/mol. The first kappa shape index (κ1) is 14.0. The maximum absolute atomic E-state index is 11.7. The van der Waals surface area contributed by atoms with Crippen LogP contribution in [0.4, 0.5) is 5.69 Å². The highest BCUT2D eigenvalue weighted by Crippen LogP contribution is 2.33. The van der Waals surface area contributed by atoms with E-state index in [-0.39, 0.29) is 18.3 Å². The maximum atomic E-state index is 11.7. The van der Waals surface area contributed by atoms with E-state index in [4.69, 9.17) is 10.5 Å². The van der Waals surface area contributed by atoms with Crippen molar-refractivity contribution in [1.82, 2.24) is 0 Å². The van der Waals surface area contributed by atoms with E-state index in [1.807, 2.05) is 24.3 Å². The Morgan fingerprint density at radius 2 is 2.24 bits per heavy atom. The summed E-state index contributed by atoms with van der Waals surface area (Å²) < 4.78 is 5.03. The number of anilines is 1. The van der Waals surface area contributed by atoms with Crippen molar-refractivity contribution in [2.24, 2.45) is 5.73 Å². The van der Waals surface area contributed by atoms with Gasteiger partial charge in [-0.1, -0.05) is 12.1 Å². The number of nitrogens with two attached hydrogens (primary N) is 1. The second kappa shape index (κ2) is 5.49. The summed E-state index contributed by atoms with van der Waals surface area (Å²) >= 11 is 0. The molecule has 4 nitrogen and oxygen atoms in total. The number of methoxy groups -OCH3 is 1. The summed E-state index contributed by atoms with van der Waals surface area (Å²) in [6.07, 6.45) is 1.55. The molecule has 3 N–H and O–H groups in total. The van der Waals surface area contributed by atoms with Gasteiger partial charge in [-0.15, -0.1) is 12.4 Å². The molecule has 0 heterocycles. The zero-order valence-electron chi connectivity index (χ0n) is 9.73. The van der Waals surface area contributed by atoms with E-state index in [9.17, 15) is 4.79 Å². The molecule has 1 aromatic rings. The van der Waals surface area contributed by atoms with Gasteiger partial charge in [0.1, 0.15) is 0 Å². The summed E-state index contributed by atoms with van der Waals surface area (Å²) in [5.74, 6) is -0.0953. The third-order valence-electron chi connectivity index (χ3n) is 2.74. The summed E-state index contributed by atoms with van der Waals surface area (Å²) in [6.45, 7) is 0.539. The summed E-state index contributed by atoms with van der Waals surface area (Å²) in [7, 11) is 1.64. The number of halogens is 1. The number of rotatable bonds is 4. The Labute approximate surface area is 107 Å². The quantitative estimate of drug-likeness (QED) is 0.862. The minimum absolute atomic E-state index is 0. The number of amides is 1. The molecule has 1 aliphatic carbocycles. The largest absolute Gasteiger partial charge is 0.380 e. The van der Waals surface area contributed by atoms with E-state index < -0.39 is 5.54 Å². The normalized spacial score (nSPS) is 15.9. The zero-order valence-corrected chi connectivity index (χ0v) is 10.5. The fraction of sp³-hybridized carbons (Fsp3) is 0.417. The molecule has 1 aliphatic rings. The van der Waals surface area contributed by atoms with Crippen molar-refractivity contribution in [3.63, 3.8) is 0 Å². The molecule has 0 bridgehead atoms. The third-order valence-corrected chi connectivity index (χ3v) is 2.74. The van der Waals surface area contributed by atoms with Crippen molar-refractivity contribution >= 4 is 24.0 Å². The first-order chi connectivity index (χ1) is 7.64. The van der Waals surface area contributed by atoms with E-state index in [1.165, 1.54) is 0 Å². The van der Waals surface area contributed by atoms with Crippen LogP contribution < -0.4 is 11.1 Å². The van der Waals surface area contributed by atoms with Gasteiger partial charge < -0.3 is 15.8 Å². The molecule has 0 radical (unpaired) electrons. The lowest BCUT2D eigenvalue weighted by molar-refractivity contribution is -0.118.